The maximum Gasteiger partial charge on any atom is 0.343 e. The van der Waals surface area contributed by atoms with Crippen LogP contribution in [-0.4, -0.2) is 41.7 Å². The average molecular weight is 440 g/mol. The lowest BCUT2D eigenvalue weighted by molar-refractivity contribution is 0.0524. The van der Waals surface area contributed by atoms with Gasteiger partial charge < -0.3 is 14.2 Å². The van der Waals surface area contributed by atoms with Crippen molar-refractivity contribution in [2.45, 2.75) is 26.3 Å². The highest BCUT2D eigenvalue weighted by Gasteiger charge is 2.25. The summed E-state index contributed by atoms with van der Waals surface area (Å²) < 4.78 is 8.15. The van der Waals surface area contributed by atoms with Crippen LogP contribution in [0.3, 0.4) is 0 Å². The number of pyridine rings is 1. The lowest BCUT2D eigenvalue weighted by atomic mass is 10.1. The topological polar surface area (TPSA) is 51.5 Å². The van der Waals surface area contributed by atoms with Gasteiger partial charge in [-0.05, 0) is 60.7 Å². The smallest absolute Gasteiger partial charge is 0.343 e. The number of aromatic nitrogens is 1. The van der Waals surface area contributed by atoms with Gasteiger partial charge in [-0.1, -0.05) is 6.92 Å². The number of carbonyl (C=O) groups is 1. The molecular weight excluding hydrogens is 419 g/mol. The van der Waals surface area contributed by atoms with Gasteiger partial charge in [0.05, 0.1) is 12.1 Å². The van der Waals surface area contributed by atoms with Crippen LogP contribution in [0.5, 0.6) is 0 Å². The lowest BCUT2D eigenvalue weighted by Gasteiger charge is -2.20. The van der Waals surface area contributed by atoms with Crippen molar-refractivity contribution in [2.24, 2.45) is 0 Å². The normalized spacial score (nSPS) is 18.2. The summed E-state index contributed by atoms with van der Waals surface area (Å²) in [5.41, 5.74) is 0.765. The number of hydrogen-bond acceptors (Lipinski definition) is 4. The Morgan fingerprint density at radius 2 is 2.17 bits per heavy atom. The molecule has 2 heterocycles. The molecular formula is C18H21IN2O3. The second-order valence-electron chi connectivity index (χ2n) is 6.00. The molecule has 5 nitrogen and oxygen atoms in total. The Morgan fingerprint density at radius 3 is 2.83 bits per heavy atom. The highest BCUT2D eigenvalue weighted by Crippen LogP contribution is 2.26. The molecule has 0 unspecified atom stereocenters. The van der Waals surface area contributed by atoms with Crippen molar-refractivity contribution >= 4 is 39.5 Å². The van der Waals surface area contributed by atoms with Crippen LogP contribution in [0.2, 0.25) is 0 Å². The van der Waals surface area contributed by atoms with Gasteiger partial charge >= 0.3 is 5.97 Å². The van der Waals surface area contributed by atoms with Gasteiger partial charge in [0.25, 0.3) is 0 Å². The third kappa shape index (κ3) is 3.21. The van der Waals surface area contributed by atoms with Crippen LogP contribution >= 0.6 is 22.6 Å². The van der Waals surface area contributed by atoms with Gasteiger partial charge in [0.2, 0.25) is 5.43 Å². The number of halogens is 1. The van der Waals surface area contributed by atoms with Gasteiger partial charge in [-0.25, -0.2) is 4.79 Å². The first kappa shape index (κ1) is 17.4. The van der Waals surface area contributed by atoms with Crippen LogP contribution in [0.4, 0.5) is 0 Å². The number of hydrogen-bond donors (Lipinski definition) is 0. The number of likely N-dealkylation sites (N-methyl/N-ethyl adjacent to an activating group) is 1. The number of ether oxygens (including phenoxy) is 1. The number of benzene rings is 1. The summed E-state index contributed by atoms with van der Waals surface area (Å²) in [6.45, 7) is 7.14. The molecule has 0 amide bonds. The van der Waals surface area contributed by atoms with E-state index in [-0.39, 0.29) is 23.6 Å². The summed E-state index contributed by atoms with van der Waals surface area (Å²) in [7, 11) is 0. The quantitative estimate of drug-likeness (QED) is 0.542. The number of fused-ring (bicyclic) bond motifs is 1. The third-order valence-corrected chi connectivity index (χ3v) is 5.25. The van der Waals surface area contributed by atoms with E-state index in [2.05, 4.69) is 39.0 Å². The van der Waals surface area contributed by atoms with E-state index in [1.165, 1.54) is 0 Å². The van der Waals surface area contributed by atoms with Crippen molar-refractivity contribution in [3.63, 3.8) is 0 Å². The largest absolute Gasteiger partial charge is 0.462 e. The first-order valence-electron chi connectivity index (χ1n) is 8.29. The van der Waals surface area contributed by atoms with Gasteiger partial charge in [0.15, 0.2) is 0 Å². The zero-order valence-electron chi connectivity index (χ0n) is 13.9. The molecule has 6 heteroatoms. The van der Waals surface area contributed by atoms with E-state index in [9.17, 15) is 9.59 Å². The SMILES string of the molecule is CCOC(=O)c1cn([C@@H]2CCN(CC)C2)c2ccc(I)cc2c1=O. The fourth-order valence-corrected chi connectivity index (χ4v) is 3.80. The molecule has 0 saturated carbocycles. The zero-order valence-corrected chi connectivity index (χ0v) is 16.1. The Kier molecular flexibility index (Phi) is 5.24. The molecule has 128 valence electrons. The van der Waals surface area contributed by atoms with Crippen LogP contribution < -0.4 is 5.43 Å². The highest BCUT2D eigenvalue weighted by atomic mass is 127. The van der Waals surface area contributed by atoms with Crippen LogP contribution in [0.25, 0.3) is 10.9 Å². The predicted molar refractivity (Wildman–Crippen MR) is 103 cm³/mol. The number of nitrogens with zero attached hydrogens (tertiary/aromatic N) is 2. The second kappa shape index (κ2) is 7.23. The van der Waals surface area contributed by atoms with Gasteiger partial charge in [-0.3, -0.25) is 4.79 Å². The van der Waals surface area contributed by atoms with E-state index in [4.69, 9.17) is 4.74 Å². The van der Waals surface area contributed by atoms with Crippen molar-refractivity contribution in [1.82, 2.24) is 9.47 Å². The minimum atomic E-state index is -0.539. The maximum atomic E-state index is 12.8. The summed E-state index contributed by atoms with van der Waals surface area (Å²) in [6, 6.07) is 6.09. The van der Waals surface area contributed by atoms with E-state index in [1.54, 1.807) is 13.1 Å². The van der Waals surface area contributed by atoms with Gasteiger partial charge in [-0.2, -0.15) is 0 Å². The molecule has 1 aromatic carbocycles. The maximum absolute atomic E-state index is 12.8. The molecule has 0 spiro atoms. The molecule has 0 N–H and O–H groups in total. The summed E-state index contributed by atoms with van der Waals surface area (Å²) in [5.74, 6) is -0.539. The standard InChI is InChI=1S/C18H21IN2O3/c1-3-20-8-7-13(10-20)21-11-15(18(23)24-4-2)17(22)14-9-12(19)5-6-16(14)21/h5-6,9,11,13H,3-4,7-8,10H2,1-2H3/t13-/m1/s1. The fourth-order valence-electron chi connectivity index (χ4n) is 3.31. The molecule has 1 aliphatic rings. The first-order chi connectivity index (χ1) is 11.5. The van der Waals surface area contributed by atoms with E-state index >= 15 is 0 Å². The van der Waals surface area contributed by atoms with Gasteiger partial charge in [0.1, 0.15) is 5.56 Å². The summed E-state index contributed by atoms with van der Waals surface area (Å²) in [5, 5.41) is 0.586. The minimum absolute atomic E-state index is 0.126. The van der Waals surface area contributed by atoms with E-state index in [0.717, 1.165) is 35.1 Å². The molecule has 1 aromatic heterocycles. The molecule has 0 bridgehead atoms. The Morgan fingerprint density at radius 1 is 1.38 bits per heavy atom. The predicted octanol–water partition coefficient (Wildman–Crippen LogP) is 3.05. The van der Waals surface area contributed by atoms with E-state index < -0.39 is 5.97 Å². The second-order valence-corrected chi connectivity index (χ2v) is 7.24. The molecule has 1 fully saturated rings. The Balaban J connectivity index is 2.18. The first-order valence-corrected chi connectivity index (χ1v) is 9.36. The van der Waals surface area contributed by atoms with Crippen LogP contribution in [0.1, 0.15) is 36.7 Å². The molecule has 3 rings (SSSR count). The summed E-state index contributed by atoms with van der Waals surface area (Å²) in [6.07, 6.45) is 2.71. The highest BCUT2D eigenvalue weighted by molar-refractivity contribution is 14.1. The summed E-state index contributed by atoms with van der Waals surface area (Å²) in [4.78, 5) is 27.4. The zero-order chi connectivity index (χ0) is 17.3. The Hall–Kier alpha value is -1.41. The monoisotopic (exact) mass is 440 g/mol. The van der Waals surface area contributed by atoms with Crippen LogP contribution in [-0.2, 0) is 4.74 Å². The lowest BCUT2D eigenvalue weighted by Crippen LogP contribution is -2.25. The van der Waals surface area contributed by atoms with Crippen LogP contribution in [0.15, 0.2) is 29.2 Å². The fraction of sp³-hybridized carbons (Fsp3) is 0.444. The van der Waals surface area contributed by atoms with Gasteiger partial charge in [-0.15, -0.1) is 0 Å². The van der Waals surface area contributed by atoms with Crippen molar-refractivity contribution in [3.8, 4) is 0 Å². The molecule has 2 aromatic rings. The molecule has 24 heavy (non-hydrogen) atoms. The van der Waals surface area contributed by atoms with E-state index in [0.29, 0.717) is 5.39 Å². The van der Waals surface area contributed by atoms with Crippen molar-refractivity contribution in [2.75, 3.05) is 26.2 Å². The molecule has 1 aliphatic heterocycles. The number of esters is 1. The molecule has 1 atom stereocenters. The van der Waals surface area contributed by atoms with Crippen molar-refractivity contribution in [1.29, 1.82) is 0 Å². The van der Waals surface area contributed by atoms with Crippen molar-refractivity contribution in [3.05, 3.63) is 43.8 Å². The molecule has 0 radical (unpaired) electrons. The van der Waals surface area contributed by atoms with Gasteiger partial charge in [0, 0.05) is 34.3 Å². The third-order valence-electron chi connectivity index (χ3n) is 4.58. The number of carbonyl (C=O) groups excluding carboxylic acids is 1. The number of rotatable bonds is 4. The number of likely N-dealkylation sites (tertiary alicyclic amines) is 1. The minimum Gasteiger partial charge on any atom is -0.462 e. The Labute approximate surface area is 154 Å². The van der Waals surface area contributed by atoms with Crippen LogP contribution in [0, 0.1) is 3.57 Å². The van der Waals surface area contributed by atoms with Crippen molar-refractivity contribution < 1.29 is 9.53 Å². The molecule has 0 aliphatic carbocycles. The Bertz CT molecular complexity index is 831. The molecule has 1 saturated heterocycles. The average Bonchev–Trinajstić information content (AvgIpc) is 3.04. The summed E-state index contributed by atoms with van der Waals surface area (Å²) >= 11 is 2.19. The van der Waals surface area contributed by atoms with E-state index in [1.807, 2.05) is 18.2 Å².